The summed E-state index contributed by atoms with van der Waals surface area (Å²) in [4.78, 5) is 18.5. The molecule has 0 bridgehead atoms. The van der Waals surface area contributed by atoms with E-state index in [1.165, 1.54) is 19.1 Å². The van der Waals surface area contributed by atoms with Crippen LogP contribution in [0.5, 0.6) is 0 Å². The van der Waals surface area contributed by atoms with Gasteiger partial charge in [0.05, 0.1) is 11.0 Å². The predicted molar refractivity (Wildman–Crippen MR) is 145 cm³/mol. The number of carboxylic acids is 1. The molecule has 2 aliphatic heterocycles. The fourth-order valence-electron chi connectivity index (χ4n) is 5.39. The van der Waals surface area contributed by atoms with Crippen LogP contribution < -0.4 is 5.32 Å². The topological polar surface area (TPSA) is 88.9 Å². The van der Waals surface area contributed by atoms with E-state index in [9.17, 15) is 9.90 Å². The van der Waals surface area contributed by atoms with Crippen LogP contribution in [0.15, 0.2) is 36.2 Å². The standard InChI is InChI=1S/C29H44N4O4/c1-6-10-21(2)28(3,4)14-16-36-20-33-25-12-8-7-11-23(25)30-26(33)13-9-15-32-17-22(18-32)29(5)31-24(19-37-29)27(34)35/h7-8,11-12,19,21-22,31H,6,9-10,13-18,20H2,1-5H3,(H,34,35). The molecule has 1 saturated heterocycles. The highest BCUT2D eigenvalue weighted by atomic mass is 16.5. The Morgan fingerprint density at radius 1 is 1.35 bits per heavy atom. The zero-order valence-corrected chi connectivity index (χ0v) is 23.1. The molecule has 0 aliphatic carbocycles. The summed E-state index contributed by atoms with van der Waals surface area (Å²) < 4.78 is 14.1. The van der Waals surface area contributed by atoms with E-state index in [1.807, 2.05) is 13.0 Å². The zero-order chi connectivity index (χ0) is 26.6. The number of nitrogens with one attached hydrogen (secondary N) is 1. The number of aliphatic carboxylic acids is 1. The molecule has 3 heterocycles. The van der Waals surface area contributed by atoms with Crippen LogP contribution >= 0.6 is 0 Å². The van der Waals surface area contributed by atoms with Gasteiger partial charge in [-0.1, -0.05) is 52.7 Å². The Bertz CT molecular complexity index is 1100. The van der Waals surface area contributed by atoms with Gasteiger partial charge in [0.25, 0.3) is 0 Å². The Balaban J connectivity index is 1.26. The van der Waals surface area contributed by atoms with Crippen molar-refractivity contribution in [2.75, 3.05) is 26.2 Å². The summed E-state index contributed by atoms with van der Waals surface area (Å²) in [5.41, 5.74) is 1.89. The molecule has 8 heteroatoms. The van der Waals surface area contributed by atoms with Gasteiger partial charge in [0.15, 0.2) is 11.4 Å². The van der Waals surface area contributed by atoms with Crippen LogP contribution in [0.25, 0.3) is 11.0 Å². The molecule has 1 aromatic heterocycles. The maximum atomic E-state index is 11.2. The Kier molecular flexibility index (Phi) is 8.49. The molecule has 1 fully saturated rings. The lowest BCUT2D eigenvalue weighted by atomic mass is 9.75. The molecule has 0 radical (unpaired) electrons. The van der Waals surface area contributed by atoms with Gasteiger partial charge in [-0.05, 0) is 49.8 Å². The van der Waals surface area contributed by atoms with E-state index in [2.05, 4.69) is 60.7 Å². The van der Waals surface area contributed by atoms with Gasteiger partial charge in [0.2, 0.25) is 0 Å². The van der Waals surface area contributed by atoms with Crippen LogP contribution in [-0.4, -0.2) is 57.5 Å². The first-order valence-electron chi connectivity index (χ1n) is 13.8. The Hall–Kier alpha value is -2.58. The van der Waals surface area contributed by atoms with Crippen molar-refractivity contribution in [2.24, 2.45) is 17.3 Å². The second-order valence-electron chi connectivity index (χ2n) is 11.7. The summed E-state index contributed by atoms with van der Waals surface area (Å²) in [6, 6.07) is 8.29. The number of hydrogen-bond acceptors (Lipinski definition) is 6. The van der Waals surface area contributed by atoms with Crippen LogP contribution in [0.2, 0.25) is 0 Å². The summed E-state index contributed by atoms with van der Waals surface area (Å²) in [6.07, 6.45) is 6.73. The maximum absolute atomic E-state index is 11.2. The molecule has 2 atom stereocenters. The van der Waals surface area contributed by atoms with Crippen molar-refractivity contribution in [2.45, 2.75) is 79.2 Å². The first kappa shape index (κ1) is 27.5. The highest BCUT2D eigenvalue weighted by Crippen LogP contribution is 2.34. The summed E-state index contributed by atoms with van der Waals surface area (Å²) in [7, 11) is 0. The minimum Gasteiger partial charge on any atom is -0.476 e. The SMILES string of the molecule is CCCC(C)C(C)(C)CCOCn1c(CCCN2CC(C3(C)NC(C(=O)O)=CO3)C2)nc2ccccc21. The molecule has 2 aromatic rings. The number of carboxylic acid groups (broad SMARTS) is 1. The summed E-state index contributed by atoms with van der Waals surface area (Å²) in [5.74, 6) is 1.02. The molecular formula is C29H44N4O4. The van der Waals surface area contributed by atoms with Gasteiger partial charge in [-0.15, -0.1) is 0 Å². The van der Waals surface area contributed by atoms with Crippen molar-refractivity contribution in [3.05, 3.63) is 42.0 Å². The monoisotopic (exact) mass is 512 g/mol. The van der Waals surface area contributed by atoms with Crippen LogP contribution in [0.4, 0.5) is 0 Å². The Morgan fingerprint density at radius 2 is 2.11 bits per heavy atom. The molecule has 0 saturated carbocycles. The molecule has 2 N–H and O–H groups in total. The minimum absolute atomic E-state index is 0.126. The third-order valence-electron chi connectivity index (χ3n) is 8.55. The van der Waals surface area contributed by atoms with Gasteiger partial charge in [-0.25, -0.2) is 9.78 Å². The average Bonchev–Trinajstić information content (AvgIpc) is 3.39. The normalized spacial score (nSPS) is 21.4. The first-order valence-corrected chi connectivity index (χ1v) is 13.8. The third kappa shape index (κ3) is 6.29. The summed E-state index contributed by atoms with van der Waals surface area (Å²) in [6.45, 7) is 15.3. The fourth-order valence-corrected chi connectivity index (χ4v) is 5.39. The van der Waals surface area contributed by atoms with Gasteiger partial charge in [-0.3, -0.25) is 0 Å². The maximum Gasteiger partial charge on any atom is 0.355 e. The second kappa shape index (κ2) is 11.4. The molecule has 0 amide bonds. The summed E-state index contributed by atoms with van der Waals surface area (Å²) >= 11 is 0. The molecule has 2 unspecified atom stereocenters. The number of nitrogens with zero attached hydrogens (tertiary/aromatic N) is 3. The lowest BCUT2D eigenvalue weighted by Crippen LogP contribution is -2.61. The van der Waals surface area contributed by atoms with Crippen molar-refractivity contribution < 1.29 is 19.4 Å². The number of rotatable bonds is 14. The van der Waals surface area contributed by atoms with Gasteiger partial charge in [0.1, 0.15) is 18.8 Å². The number of imidazole rings is 1. The highest BCUT2D eigenvalue weighted by molar-refractivity contribution is 5.86. The highest BCUT2D eigenvalue weighted by Gasteiger charge is 2.46. The molecule has 1 aromatic carbocycles. The minimum atomic E-state index is -0.985. The zero-order valence-electron chi connectivity index (χ0n) is 23.1. The largest absolute Gasteiger partial charge is 0.476 e. The fraction of sp³-hybridized carbons (Fsp3) is 0.655. The third-order valence-corrected chi connectivity index (χ3v) is 8.55. The van der Waals surface area contributed by atoms with Gasteiger partial charge < -0.3 is 29.4 Å². The number of para-hydroxylation sites is 2. The molecule has 0 spiro atoms. The molecule has 8 nitrogen and oxygen atoms in total. The van der Waals surface area contributed by atoms with Crippen molar-refractivity contribution in [3.8, 4) is 0 Å². The number of ether oxygens (including phenoxy) is 2. The Morgan fingerprint density at radius 3 is 2.81 bits per heavy atom. The van der Waals surface area contributed by atoms with Crippen molar-refractivity contribution in [3.63, 3.8) is 0 Å². The van der Waals surface area contributed by atoms with Gasteiger partial charge >= 0.3 is 5.97 Å². The van der Waals surface area contributed by atoms with E-state index < -0.39 is 11.7 Å². The van der Waals surface area contributed by atoms with E-state index in [0.717, 1.165) is 62.4 Å². The number of likely N-dealkylation sites (tertiary alicyclic amines) is 1. The van der Waals surface area contributed by atoms with E-state index in [4.69, 9.17) is 14.5 Å². The molecule has 204 valence electrons. The van der Waals surface area contributed by atoms with Crippen molar-refractivity contribution >= 4 is 17.0 Å². The predicted octanol–water partition coefficient (Wildman–Crippen LogP) is 4.99. The quantitative estimate of drug-likeness (QED) is 0.345. The number of aryl methyl sites for hydroxylation is 1. The molecular weight excluding hydrogens is 468 g/mol. The van der Waals surface area contributed by atoms with E-state index in [-0.39, 0.29) is 17.0 Å². The van der Waals surface area contributed by atoms with E-state index in [0.29, 0.717) is 12.6 Å². The molecule has 4 rings (SSSR count). The Labute approximate surface area is 221 Å². The van der Waals surface area contributed by atoms with Crippen LogP contribution in [-0.2, 0) is 27.4 Å². The van der Waals surface area contributed by atoms with Gasteiger partial charge in [-0.2, -0.15) is 0 Å². The van der Waals surface area contributed by atoms with Crippen molar-refractivity contribution in [1.82, 2.24) is 19.8 Å². The number of hydrogen-bond donors (Lipinski definition) is 2. The molecule has 37 heavy (non-hydrogen) atoms. The average molecular weight is 513 g/mol. The van der Waals surface area contributed by atoms with Crippen LogP contribution in [0, 0.1) is 17.3 Å². The van der Waals surface area contributed by atoms with E-state index >= 15 is 0 Å². The number of benzene rings is 1. The van der Waals surface area contributed by atoms with Gasteiger partial charge in [0, 0.05) is 32.0 Å². The number of aromatic nitrogens is 2. The van der Waals surface area contributed by atoms with Crippen LogP contribution in [0.1, 0.15) is 66.1 Å². The smallest absolute Gasteiger partial charge is 0.355 e. The second-order valence-corrected chi connectivity index (χ2v) is 11.7. The van der Waals surface area contributed by atoms with E-state index in [1.54, 1.807) is 0 Å². The lowest BCUT2D eigenvalue weighted by Gasteiger charge is -2.46. The molecule has 2 aliphatic rings. The number of carbonyl (C=O) groups is 1. The summed E-state index contributed by atoms with van der Waals surface area (Å²) in [5, 5.41) is 12.2. The van der Waals surface area contributed by atoms with Crippen LogP contribution in [0.3, 0.4) is 0 Å². The van der Waals surface area contributed by atoms with Crippen molar-refractivity contribution in [1.29, 1.82) is 0 Å². The lowest BCUT2D eigenvalue weighted by molar-refractivity contribution is -0.133. The first-order chi connectivity index (χ1) is 17.6. The number of fused-ring (bicyclic) bond motifs is 1.